The van der Waals surface area contributed by atoms with E-state index >= 15 is 0 Å². The van der Waals surface area contributed by atoms with Crippen LogP contribution in [0.1, 0.15) is 45.3 Å². The van der Waals surface area contributed by atoms with Gasteiger partial charge in [-0.05, 0) is 26.3 Å². The lowest BCUT2D eigenvalue weighted by Crippen LogP contribution is -2.15. The zero-order valence-corrected chi connectivity index (χ0v) is 10.5. The second-order valence-corrected chi connectivity index (χ2v) is 3.90. The smallest absolute Gasteiger partial charge is 0.0762 e. The molecule has 0 amide bonds. The summed E-state index contributed by atoms with van der Waals surface area (Å²) in [6.07, 6.45) is 4.07. The summed E-state index contributed by atoms with van der Waals surface area (Å²) in [5.41, 5.74) is 1.10. The molecule has 0 aliphatic carbocycles. The number of hydrogen-bond acceptors (Lipinski definition) is 2. The maximum Gasteiger partial charge on any atom is 0.0762 e. The van der Waals surface area contributed by atoms with E-state index in [2.05, 4.69) is 48.4 Å². The molecule has 1 rings (SSSR count). The largest absolute Gasteiger partial charge is 0.310 e. The molecule has 0 aromatic carbocycles. The van der Waals surface area contributed by atoms with Gasteiger partial charge in [-0.3, -0.25) is 4.68 Å². The van der Waals surface area contributed by atoms with E-state index in [0.29, 0.717) is 6.04 Å². The van der Waals surface area contributed by atoms with E-state index in [4.69, 9.17) is 0 Å². The molecular formula is C13H21N3. The highest BCUT2D eigenvalue weighted by Crippen LogP contribution is 2.08. The minimum atomic E-state index is 0.486. The van der Waals surface area contributed by atoms with Gasteiger partial charge in [0.25, 0.3) is 0 Å². The molecule has 1 unspecified atom stereocenters. The Labute approximate surface area is 98.2 Å². The van der Waals surface area contributed by atoms with E-state index in [1.54, 1.807) is 0 Å². The Morgan fingerprint density at radius 3 is 3.06 bits per heavy atom. The maximum atomic E-state index is 4.52. The lowest BCUT2D eigenvalue weighted by atomic mass is 10.3. The first-order chi connectivity index (χ1) is 7.77. The Kier molecular flexibility index (Phi) is 5.66. The first-order valence-corrected chi connectivity index (χ1v) is 5.92. The van der Waals surface area contributed by atoms with Gasteiger partial charge < -0.3 is 5.32 Å². The molecule has 3 heteroatoms. The van der Waals surface area contributed by atoms with Gasteiger partial charge >= 0.3 is 0 Å². The van der Waals surface area contributed by atoms with E-state index in [1.807, 2.05) is 11.6 Å². The molecule has 0 bridgehead atoms. The molecule has 0 aliphatic heterocycles. The second kappa shape index (κ2) is 7.08. The van der Waals surface area contributed by atoms with Gasteiger partial charge in [-0.25, -0.2) is 0 Å². The molecule has 3 nitrogen and oxygen atoms in total. The third kappa shape index (κ3) is 4.08. The highest BCUT2D eigenvalue weighted by Gasteiger charge is 2.03. The summed E-state index contributed by atoms with van der Waals surface area (Å²) >= 11 is 0. The Balaban J connectivity index is 2.31. The molecule has 1 aromatic rings. The number of nitrogens with zero attached hydrogens (tertiary/aromatic N) is 2. The van der Waals surface area contributed by atoms with E-state index in [1.165, 1.54) is 0 Å². The van der Waals surface area contributed by atoms with E-state index in [0.717, 1.165) is 31.6 Å². The van der Waals surface area contributed by atoms with Crippen molar-refractivity contribution in [2.45, 2.75) is 46.2 Å². The van der Waals surface area contributed by atoms with Crippen LogP contribution in [-0.2, 0) is 6.54 Å². The van der Waals surface area contributed by atoms with Gasteiger partial charge in [0.15, 0.2) is 0 Å². The Morgan fingerprint density at radius 2 is 2.38 bits per heavy atom. The van der Waals surface area contributed by atoms with Gasteiger partial charge in [0.1, 0.15) is 0 Å². The summed E-state index contributed by atoms with van der Waals surface area (Å²) in [6, 6.07) is 2.56. The van der Waals surface area contributed by atoms with Crippen molar-refractivity contribution in [2.75, 3.05) is 6.54 Å². The van der Waals surface area contributed by atoms with Crippen molar-refractivity contribution >= 4 is 0 Å². The molecule has 0 spiro atoms. The van der Waals surface area contributed by atoms with Crippen molar-refractivity contribution in [3.8, 4) is 11.8 Å². The van der Waals surface area contributed by atoms with E-state index in [9.17, 15) is 0 Å². The van der Waals surface area contributed by atoms with E-state index in [-0.39, 0.29) is 0 Å². The fourth-order valence-electron chi connectivity index (χ4n) is 1.40. The van der Waals surface area contributed by atoms with Crippen LogP contribution in [0.2, 0.25) is 0 Å². The van der Waals surface area contributed by atoms with Crippen molar-refractivity contribution in [3.63, 3.8) is 0 Å². The molecule has 1 atom stereocenters. The molecular weight excluding hydrogens is 198 g/mol. The standard InChI is InChI=1S/C13H21N3/c1-4-6-7-9-14-11-13-8-10-16(15-13)12(3)5-2/h8,10,12,14H,5,7,9,11H2,1-3H3. The topological polar surface area (TPSA) is 29.9 Å². The van der Waals surface area contributed by atoms with Crippen LogP contribution in [0.3, 0.4) is 0 Å². The van der Waals surface area contributed by atoms with Crippen LogP contribution in [0.25, 0.3) is 0 Å². The highest BCUT2D eigenvalue weighted by atomic mass is 15.3. The quantitative estimate of drug-likeness (QED) is 0.588. The number of aromatic nitrogens is 2. The first kappa shape index (κ1) is 12.8. The first-order valence-electron chi connectivity index (χ1n) is 5.92. The van der Waals surface area contributed by atoms with Crippen molar-refractivity contribution in [1.29, 1.82) is 0 Å². The average molecular weight is 219 g/mol. The predicted molar refractivity (Wildman–Crippen MR) is 67.0 cm³/mol. The van der Waals surface area contributed by atoms with Gasteiger partial charge in [-0.2, -0.15) is 5.10 Å². The Bertz CT molecular complexity index is 357. The monoisotopic (exact) mass is 219 g/mol. The Hall–Kier alpha value is -1.27. The summed E-state index contributed by atoms with van der Waals surface area (Å²) in [5.74, 6) is 5.91. The van der Waals surface area contributed by atoms with Crippen molar-refractivity contribution < 1.29 is 0 Å². The predicted octanol–water partition coefficient (Wildman–Crippen LogP) is 2.36. The molecule has 88 valence electrons. The minimum Gasteiger partial charge on any atom is -0.310 e. The van der Waals surface area contributed by atoms with Crippen LogP contribution in [0.5, 0.6) is 0 Å². The zero-order chi connectivity index (χ0) is 11.8. The third-order valence-corrected chi connectivity index (χ3v) is 2.62. The van der Waals surface area contributed by atoms with Gasteiger partial charge in [0.05, 0.1) is 5.69 Å². The lowest BCUT2D eigenvalue weighted by molar-refractivity contribution is 0.471. The van der Waals surface area contributed by atoms with Crippen LogP contribution >= 0.6 is 0 Å². The lowest BCUT2D eigenvalue weighted by Gasteiger charge is -2.08. The van der Waals surface area contributed by atoms with Crippen LogP contribution in [0.4, 0.5) is 0 Å². The van der Waals surface area contributed by atoms with Crippen LogP contribution < -0.4 is 5.32 Å². The Morgan fingerprint density at radius 1 is 1.56 bits per heavy atom. The molecule has 1 N–H and O–H groups in total. The van der Waals surface area contributed by atoms with Crippen LogP contribution in [-0.4, -0.2) is 16.3 Å². The highest BCUT2D eigenvalue weighted by molar-refractivity contribution is 5.00. The molecule has 1 heterocycles. The summed E-state index contributed by atoms with van der Waals surface area (Å²) in [6.45, 7) is 7.98. The summed E-state index contributed by atoms with van der Waals surface area (Å²) in [7, 11) is 0. The molecule has 0 radical (unpaired) electrons. The SMILES string of the molecule is CC#CCCNCc1ccn(C(C)CC)n1. The van der Waals surface area contributed by atoms with Gasteiger partial charge in [0.2, 0.25) is 0 Å². The fourth-order valence-corrected chi connectivity index (χ4v) is 1.40. The average Bonchev–Trinajstić information content (AvgIpc) is 2.76. The summed E-state index contributed by atoms with van der Waals surface area (Å²) < 4.78 is 2.03. The van der Waals surface area contributed by atoms with Crippen molar-refractivity contribution in [3.05, 3.63) is 18.0 Å². The number of rotatable bonds is 6. The van der Waals surface area contributed by atoms with Crippen molar-refractivity contribution in [1.82, 2.24) is 15.1 Å². The van der Waals surface area contributed by atoms with Gasteiger partial charge in [-0.15, -0.1) is 11.8 Å². The van der Waals surface area contributed by atoms with Gasteiger partial charge in [-0.1, -0.05) is 6.92 Å². The van der Waals surface area contributed by atoms with E-state index < -0.39 is 0 Å². The number of nitrogens with one attached hydrogen (secondary N) is 1. The maximum absolute atomic E-state index is 4.52. The summed E-state index contributed by atoms with van der Waals surface area (Å²) in [5, 5.41) is 7.85. The van der Waals surface area contributed by atoms with Crippen LogP contribution in [0, 0.1) is 11.8 Å². The van der Waals surface area contributed by atoms with Crippen molar-refractivity contribution in [2.24, 2.45) is 0 Å². The molecule has 16 heavy (non-hydrogen) atoms. The molecule has 0 aliphatic rings. The summed E-state index contributed by atoms with van der Waals surface area (Å²) in [4.78, 5) is 0. The fraction of sp³-hybridized carbons (Fsp3) is 0.615. The number of hydrogen-bond donors (Lipinski definition) is 1. The third-order valence-electron chi connectivity index (χ3n) is 2.62. The molecule has 0 saturated carbocycles. The normalized spacial score (nSPS) is 11.9. The second-order valence-electron chi connectivity index (χ2n) is 3.90. The molecule has 0 fully saturated rings. The zero-order valence-electron chi connectivity index (χ0n) is 10.5. The molecule has 1 aromatic heterocycles. The van der Waals surface area contributed by atoms with Gasteiger partial charge in [0, 0.05) is 31.7 Å². The minimum absolute atomic E-state index is 0.486. The van der Waals surface area contributed by atoms with Crippen LogP contribution in [0.15, 0.2) is 12.3 Å². The molecule has 0 saturated heterocycles.